The zero-order valence-electron chi connectivity index (χ0n) is 20.0. The van der Waals surface area contributed by atoms with E-state index in [0.29, 0.717) is 21.4 Å². The van der Waals surface area contributed by atoms with Crippen molar-refractivity contribution in [3.63, 3.8) is 0 Å². The van der Waals surface area contributed by atoms with Crippen LogP contribution in [0.2, 0.25) is 5.02 Å². The van der Waals surface area contributed by atoms with E-state index in [0.717, 1.165) is 17.6 Å². The van der Waals surface area contributed by atoms with Crippen LogP contribution in [0.15, 0.2) is 101 Å². The molecular formula is C27H19ClF4N2O3S2. The molecule has 0 spiro atoms. The van der Waals surface area contributed by atoms with Crippen molar-refractivity contribution in [1.82, 2.24) is 0 Å². The van der Waals surface area contributed by atoms with E-state index in [1.54, 1.807) is 24.3 Å². The van der Waals surface area contributed by atoms with Gasteiger partial charge >= 0.3 is 6.18 Å². The summed E-state index contributed by atoms with van der Waals surface area (Å²) < 4.78 is 83.2. The fourth-order valence-corrected chi connectivity index (χ4v) is 5.12. The Morgan fingerprint density at radius 3 is 2.41 bits per heavy atom. The highest BCUT2D eigenvalue weighted by Crippen LogP contribution is 2.37. The first-order chi connectivity index (χ1) is 18.3. The number of hydrogen-bond acceptors (Lipinski definition) is 6. The van der Waals surface area contributed by atoms with Gasteiger partial charge in [0.05, 0.1) is 15.5 Å². The van der Waals surface area contributed by atoms with Gasteiger partial charge in [0.25, 0.3) is 0 Å². The van der Waals surface area contributed by atoms with Crippen LogP contribution in [0.25, 0.3) is 10.4 Å². The lowest BCUT2D eigenvalue weighted by Gasteiger charge is -2.11. The summed E-state index contributed by atoms with van der Waals surface area (Å²) in [5.74, 6) is -0.0475. The van der Waals surface area contributed by atoms with E-state index in [9.17, 15) is 26.0 Å². The van der Waals surface area contributed by atoms with Gasteiger partial charge in [-0.2, -0.15) is 13.2 Å². The molecule has 5 nitrogen and oxygen atoms in total. The Kier molecular flexibility index (Phi) is 8.15. The maximum absolute atomic E-state index is 13.4. The molecule has 3 aromatic carbocycles. The second-order valence-electron chi connectivity index (χ2n) is 8.23. The molecule has 0 bridgehead atoms. The summed E-state index contributed by atoms with van der Waals surface area (Å²) in [6.45, 7) is 0. The van der Waals surface area contributed by atoms with Crippen molar-refractivity contribution in [3.8, 4) is 21.9 Å². The Labute approximate surface area is 230 Å². The van der Waals surface area contributed by atoms with Crippen LogP contribution in [-0.2, 0) is 9.84 Å². The second-order valence-corrected chi connectivity index (χ2v) is 11.8. The van der Waals surface area contributed by atoms with Crippen LogP contribution >= 0.6 is 22.9 Å². The molecule has 0 saturated carbocycles. The van der Waals surface area contributed by atoms with Crippen LogP contribution in [0.4, 0.5) is 23.2 Å². The van der Waals surface area contributed by atoms with Crippen molar-refractivity contribution in [2.75, 3.05) is 6.26 Å². The van der Waals surface area contributed by atoms with Gasteiger partial charge in [0.2, 0.25) is 0 Å². The highest BCUT2D eigenvalue weighted by atomic mass is 35.5. The fraction of sp³-hybridized carbons (Fsp3) is 0.0741. The number of sulfone groups is 1. The van der Waals surface area contributed by atoms with Crippen LogP contribution in [0.1, 0.15) is 4.88 Å². The van der Waals surface area contributed by atoms with Gasteiger partial charge in [0.15, 0.2) is 15.6 Å². The van der Waals surface area contributed by atoms with Crippen molar-refractivity contribution in [1.29, 1.82) is 0 Å². The number of thiophene rings is 1. The molecular weight excluding hydrogens is 576 g/mol. The van der Waals surface area contributed by atoms with Gasteiger partial charge < -0.3 is 10.5 Å². The summed E-state index contributed by atoms with van der Waals surface area (Å²) in [6, 6.07) is 18.9. The largest absolute Gasteiger partial charge is 0.455 e. The molecule has 4 aromatic rings. The minimum atomic E-state index is -4.81. The summed E-state index contributed by atoms with van der Waals surface area (Å²) in [7, 11) is -3.47. The Morgan fingerprint density at radius 2 is 1.74 bits per heavy atom. The lowest BCUT2D eigenvalue weighted by molar-refractivity contribution is -0.0925. The molecule has 0 radical (unpaired) electrons. The Balaban J connectivity index is 1.82. The van der Waals surface area contributed by atoms with E-state index < -0.39 is 27.5 Å². The van der Waals surface area contributed by atoms with Crippen LogP contribution in [-0.4, -0.2) is 26.6 Å². The number of benzene rings is 3. The van der Waals surface area contributed by atoms with E-state index in [1.807, 2.05) is 0 Å². The molecule has 4 rings (SSSR count). The Bertz CT molecular complexity index is 1680. The van der Waals surface area contributed by atoms with Gasteiger partial charge in [-0.1, -0.05) is 23.7 Å². The number of allylic oxidation sites excluding steroid dienone is 2. The van der Waals surface area contributed by atoms with Crippen molar-refractivity contribution in [3.05, 3.63) is 106 Å². The molecule has 39 heavy (non-hydrogen) atoms. The number of hydrogen-bond donors (Lipinski definition) is 1. The van der Waals surface area contributed by atoms with Gasteiger partial charge in [0.1, 0.15) is 23.0 Å². The van der Waals surface area contributed by atoms with Crippen LogP contribution in [0.5, 0.6) is 11.5 Å². The first kappa shape index (κ1) is 28.3. The monoisotopic (exact) mass is 594 g/mol. The molecule has 0 aliphatic carbocycles. The molecule has 12 heteroatoms. The molecule has 0 saturated heterocycles. The molecule has 0 aliphatic heterocycles. The second kappa shape index (κ2) is 11.2. The minimum absolute atomic E-state index is 0.0991. The van der Waals surface area contributed by atoms with E-state index in [2.05, 4.69) is 4.99 Å². The summed E-state index contributed by atoms with van der Waals surface area (Å²) in [4.78, 5) is 5.42. The summed E-state index contributed by atoms with van der Waals surface area (Å²) in [5, 5.41) is 0.247. The standard InChI is InChI=1S/C27H19ClF4N2O3S2/c1-39(35,36)20-4-2-3-16(13-20)24-11-12-25(38-24)22(15-26(33)27(30,31)32)34-21-14-17(28)5-10-23(21)37-19-8-6-18(29)7-9-19/h2-15H,33H2,1H3. The van der Waals surface area contributed by atoms with Crippen LogP contribution in [0.3, 0.4) is 0 Å². The maximum atomic E-state index is 13.4. The van der Waals surface area contributed by atoms with E-state index in [4.69, 9.17) is 22.1 Å². The average molecular weight is 595 g/mol. The molecule has 0 atom stereocenters. The summed E-state index contributed by atoms with van der Waals surface area (Å²) in [6.07, 6.45) is -3.03. The lowest BCUT2D eigenvalue weighted by atomic mass is 10.2. The average Bonchev–Trinajstić information content (AvgIpc) is 3.36. The highest BCUT2D eigenvalue weighted by Gasteiger charge is 2.32. The van der Waals surface area contributed by atoms with Gasteiger partial charge in [-0.05, 0) is 78.4 Å². The normalized spacial score (nSPS) is 13.0. The van der Waals surface area contributed by atoms with E-state index >= 15 is 0 Å². The Morgan fingerprint density at radius 1 is 1.03 bits per heavy atom. The van der Waals surface area contributed by atoms with Crippen molar-refractivity contribution in [2.45, 2.75) is 11.1 Å². The summed E-state index contributed by atoms with van der Waals surface area (Å²) in [5.41, 5.74) is 4.48. The topological polar surface area (TPSA) is 81.8 Å². The quantitative estimate of drug-likeness (QED) is 0.174. The molecule has 202 valence electrons. The predicted molar refractivity (Wildman–Crippen MR) is 145 cm³/mol. The number of aliphatic imine (C=N–C) groups is 1. The predicted octanol–water partition coefficient (Wildman–Crippen LogP) is 7.93. The molecule has 0 aliphatic rings. The maximum Gasteiger partial charge on any atom is 0.430 e. The lowest BCUT2D eigenvalue weighted by Crippen LogP contribution is -2.20. The SMILES string of the molecule is CS(=O)(=O)c1cccc(-c2ccc(C(C=C(N)C(F)(F)F)=Nc3cc(Cl)ccc3Oc3ccc(F)cc3)s2)c1. The summed E-state index contributed by atoms with van der Waals surface area (Å²) >= 11 is 7.24. The Hall–Kier alpha value is -3.67. The van der Waals surface area contributed by atoms with Crippen molar-refractivity contribution >= 4 is 44.2 Å². The third-order valence-corrected chi connectivity index (χ3v) is 7.73. The molecule has 0 fully saturated rings. The fourth-order valence-electron chi connectivity index (χ4n) is 3.32. The highest BCUT2D eigenvalue weighted by molar-refractivity contribution is 7.90. The van der Waals surface area contributed by atoms with Gasteiger partial charge in [-0.25, -0.2) is 17.8 Å². The van der Waals surface area contributed by atoms with Gasteiger partial charge in [0, 0.05) is 16.2 Å². The van der Waals surface area contributed by atoms with Crippen LogP contribution < -0.4 is 10.5 Å². The third kappa shape index (κ3) is 7.25. The van der Waals surface area contributed by atoms with Crippen molar-refractivity contribution in [2.24, 2.45) is 10.7 Å². The number of nitrogens with zero attached hydrogens (tertiary/aromatic N) is 1. The molecule has 0 unspecified atom stereocenters. The number of halogens is 5. The van der Waals surface area contributed by atoms with Crippen molar-refractivity contribution < 1.29 is 30.7 Å². The molecule has 1 aromatic heterocycles. The van der Waals surface area contributed by atoms with Gasteiger partial charge in [-0.15, -0.1) is 11.3 Å². The molecule has 0 amide bonds. The van der Waals surface area contributed by atoms with Gasteiger partial charge in [-0.3, -0.25) is 0 Å². The molecule has 1 heterocycles. The first-order valence-electron chi connectivity index (χ1n) is 11.1. The number of alkyl halides is 3. The zero-order valence-corrected chi connectivity index (χ0v) is 22.4. The number of ether oxygens (including phenoxy) is 1. The third-order valence-electron chi connectivity index (χ3n) is 5.23. The molecule has 2 N–H and O–H groups in total. The number of rotatable bonds is 7. The smallest absolute Gasteiger partial charge is 0.430 e. The van der Waals surface area contributed by atoms with Crippen LogP contribution in [0, 0.1) is 5.82 Å². The zero-order chi connectivity index (χ0) is 28.4. The van der Waals surface area contributed by atoms with E-state index in [1.165, 1.54) is 54.6 Å². The first-order valence-corrected chi connectivity index (χ1v) is 14.1. The van der Waals surface area contributed by atoms with E-state index in [-0.39, 0.29) is 32.8 Å². The minimum Gasteiger partial charge on any atom is -0.455 e. The number of nitrogens with two attached hydrogens (primary N) is 1.